The fraction of sp³-hybridized carbons (Fsp3) is 0.600. The molecule has 1 aromatic heterocycles. The molecule has 1 aliphatic rings. The number of piperidine rings is 1. The monoisotopic (exact) mass is 258 g/mol. The van der Waals surface area contributed by atoms with Crippen molar-refractivity contribution in [2.24, 2.45) is 0 Å². The third kappa shape index (κ3) is 3.45. The second-order valence-electron chi connectivity index (χ2n) is 5.38. The largest absolute Gasteiger partial charge is 0.352 e. The summed E-state index contributed by atoms with van der Waals surface area (Å²) in [6.45, 7) is 6.32. The summed E-state index contributed by atoms with van der Waals surface area (Å²) < 4.78 is 0. The van der Waals surface area contributed by atoms with Crippen LogP contribution in [0.5, 0.6) is 0 Å². The molecule has 0 aromatic carbocycles. The zero-order chi connectivity index (χ0) is 13.7. The van der Waals surface area contributed by atoms with Crippen LogP contribution in [0.3, 0.4) is 0 Å². The molecule has 4 nitrogen and oxygen atoms in total. The van der Waals surface area contributed by atoms with Crippen LogP contribution >= 0.6 is 0 Å². The molecule has 0 saturated carbocycles. The molecule has 1 aromatic rings. The van der Waals surface area contributed by atoms with Crippen molar-refractivity contribution in [1.29, 1.82) is 5.26 Å². The van der Waals surface area contributed by atoms with E-state index < -0.39 is 0 Å². The fourth-order valence-corrected chi connectivity index (χ4v) is 2.57. The summed E-state index contributed by atoms with van der Waals surface area (Å²) in [5, 5.41) is 12.8. The molecule has 102 valence electrons. The zero-order valence-corrected chi connectivity index (χ0v) is 11.8. The molecule has 0 amide bonds. The van der Waals surface area contributed by atoms with Gasteiger partial charge in [0.25, 0.3) is 0 Å². The van der Waals surface area contributed by atoms with E-state index in [4.69, 9.17) is 0 Å². The summed E-state index contributed by atoms with van der Waals surface area (Å²) in [5.41, 5.74) is 0.659. The van der Waals surface area contributed by atoms with E-state index in [1.807, 2.05) is 12.1 Å². The van der Waals surface area contributed by atoms with E-state index in [1.165, 1.54) is 19.3 Å². The molecule has 1 aliphatic heterocycles. The first-order valence-electron chi connectivity index (χ1n) is 7.07. The summed E-state index contributed by atoms with van der Waals surface area (Å²) in [5.74, 6) is 0.812. The molecule has 1 atom stereocenters. The Hall–Kier alpha value is -1.60. The van der Waals surface area contributed by atoms with Gasteiger partial charge in [0.2, 0.25) is 0 Å². The topological polar surface area (TPSA) is 52.0 Å². The van der Waals surface area contributed by atoms with E-state index in [0.717, 1.165) is 18.9 Å². The van der Waals surface area contributed by atoms with Crippen molar-refractivity contribution < 1.29 is 0 Å². The molecule has 0 bridgehead atoms. The normalized spacial score (nSPS) is 19.2. The third-order valence-electron chi connectivity index (χ3n) is 3.63. The average Bonchev–Trinajstić information content (AvgIpc) is 2.45. The average molecular weight is 258 g/mol. The Bertz CT molecular complexity index is 444. The van der Waals surface area contributed by atoms with Gasteiger partial charge in [0.1, 0.15) is 11.9 Å². The van der Waals surface area contributed by atoms with Gasteiger partial charge < -0.3 is 10.2 Å². The molecule has 2 rings (SSSR count). The second-order valence-corrected chi connectivity index (χ2v) is 5.38. The van der Waals surface area contributed by atoms with E-state index in [9.17, 15) is 5.26 Å². The van der Waals surface area contributed by atoms with Crippen molar-refractivity contribution in [3.63, 3.8) is 0 Å². The number of anilines is 1. The van der Waals surface area contributed by atoms with Gasteiger partial charge in [-0.05, 0) is 45.4 Å². The highest BCUT2D eigenvalue weighted by Crippen LogP contribution is 2.20. The summed E-state index contributed by atoms with van der Waals surface area (Å²) >= 11 is 0. The van der Waals surface area contributed by atoms with Gasteiger partial charge in [-0.2, -0.15) is 5.26 Å². The van der Waals surface area contributed by atoms with Crippen LogP contribution in [0, 0.1) is 11.3 Å². The summed E-state index contributed by atoms with van der Waals surface area (Å²) in [6.07, 6.45) is 5.53. The van der Waals surface area contributed by atoms with E-state index >= 15 is 0 Å². The Balaban J connectivity index is 2.17. The predicted molar refractivity (Wildman–Crippen MR) is 77.1 cm³/mol. The molecule has 1 fully saturated rings. The van der Waals surface area contributed by atoms with Crippen molar-refractivity contribution >= 4 is 5.82 Å². The van der Waals surface area contributed by atoms with E-state index in [2.05, 4.69) is 35.1 Å². The number of pyridine rings is 1. The third-order valence-corrected chi connectivity index (χ3v) is 3.63. The van der Waals surface area contributed by atoms with Gasteiger partial charge in [0, 0.05) is 24.8 Å². The second kappa shape index (κ2) is 6.53. The van der Waals surface area contributed by atoms with Crippen molar-refractivity contribution in [3.05, 3.63) is 23.9 Å². The van der Waals surface area contributed by atoms with Gasteiger partial charge >= 0.3 is 0 Å². The number of nitrogens with zero attached hydrogens (tertiary/aromatic N) is 3. The van der Waals surface area contributed by atoms with Crippen LogP contribution in [0.4, 0.5) is 5.82 Å². The Morgan fingerprint density at radius 2 is 2.37 bits per heavy atom. The molecule has 1 saturated heterocycles. The highest BCUT2D eigenvalue weighted by atomic mass is 15.2. The van der Waals surface area contributed by atoms with E-state index in [-0.39, 0.29) is 0 Å². The molecular formula is C15H22N4. The minimum absolute atomic E-state index is 0.339. The van der Waals surface area contributed by atoms with Crippen LogP contribution < -0.4 is 10.2 Å². The van der Waals surface area contributed by atoms with Crippen LogP contribution in [-0.4, -0.2) is 30.2 Å². The minimum atomic E-state index is 0.339. The molecule has 4 heteroatoms. The molecule has 19 heavy (non-hydrogen) atoms. The molecule has 0 aliphatic carbocycles. The lowest BCUT2D eigenvalue weighted by Crippen LogP contribution is -2.46. The minimum Gasteiger partial charge on any atom is -0.352 e. The van der Waals surface area contributed by atoms with Crippen molar-refractivity contribution in [3.8, 4) is 6.07 Å². The van der Waals surface area contributed by atoms with Gasteiger partial charge in [-0.25, -0.2) is 4.98 Å². The van der Waals surface area contributed by atoms with Gasteiger partial charge in [-0.3, -0.25) is 0 Å². The van der Waals surface area contributed by atoms with Crippen molar-refractivity contribution in [2.75, 3.05) is 18.0 Å². The number of rotatable bonds is 4. The van der Waals surface area contributed by atoms with Crippen LogP contribution in [0.1, 0.15) is 38.7 Å². The highest BCUT2D eigenvalue weighted by Gasteiger charge is 2.21. The number of nitrogens with one attached hydrogen (secondary N) is 1. The highest BCUT2D eigenvalue weighted by molar-refractivity contribution is 5.54. The van der Waals surface area contributed by atoms with Crippen LogP contribution in [0.15, 0.2) is 18.3 Å². The molecule has 1 unspecified atom stereocenters. The van der Waals surface area contributed by atoms with Crippen molar-refractivity contribution in [2.45, 2.75) is 45.2 Å². The predicted octanol–water partition coefficient (Wildman–Crippen LogP) is 2.31. The smallest absolute Gasteiger partial charge is 0.146 e. The lowest BCUT2D eigenvalue weighted by atomic mass is 10.0. The molecule has 0 spiro atoms. The SMILES string of the molecule is CC(C)N(CC1CCCCN1)c1ncccc1C#N. The molecule has 0 radical (unpaired) electrons. The summed E-state index contributed by atoms with van der Waals surface area (Å²) in [6, 6.07) is 6.74. The number of hydrogen-bond acceptors (Lipinski definition) is 4. The van der Waals surface area contributed by atoms with Crippen LogP contribution in [0.25, 0.3) is 0 Å². The van der Waals surface area contributed by atoms with Gasteiger partial charge in [0.05, 0.1) is 5.56 Å². The lowest BCUT2D eigenvalue weighted by Gasteiger charge is -2.34. The van der Waals surface area contributed by atoms with Crippen LogP contribution in [-0.2, 0) is 0 Å². The van der Waals surface area contributed by atoms with Gasteiger partial charge in [-0.1, -0.05) is 6.42 Å². The Labute approximate surface area is 115 Å². The zero-order valence-electron chi connectivity index (χ0n) is 11.8. The standard InChI is InChI=1S/C15H22N4/c1-12(2)19(11-14-7-3-4-8-17-14)15-13(10-16)6-5-9-18-15/h5-6,9,12,14,17H,3-4,7-8,11H2,1-2H3. The van der Waals surface area contributed by atoms with Gasteiger partial charge in [0.15, 0.2) is 0 Å². The van der Waals surface area contributed by atoms with Crippen molar-refractivity contribution in [1.82, 2.24) is 10.3 Å². The molecular weight excluding hydrogens is 236 g/mol. The first-order chi connectivity index (χ1) is 9.22. The summed E-state index contributed by atoms with van der Waals surface area (Å²) in [7, 11) is 0. The maximum atomic E-state index is 9.22. The van der Waals surface area contributed by atoms with E-state index in [1.54, 1.807) is 6.20 Å². The van der Waals surface area contributed by atoms with Crippen LogP contribution in [0.2, 0.25) is 0 Å². The molecule has 1 N–H and O–H groups in total. The van der Waals surface area contributed by atoms with E-state index in [0.29, 0.717) is 17.6 Å². The number of hydrogen-bond donors (Lipinski definition) is 1. The maximum absolute atomic E-state index is 9.22. The Morgan fingerprint density at radius 3 is 3.00 bits per heavy atom. The fourth-order valence-electron chi connectivity index (χ4n) is 2.57. The Morgan fingerprint density at radius 1 is 1.53 bits per heavy atom. The summed E-state index contributed by atoms with van der Waals surface area (Å²) in [4.78, 5) is 6.65. The lowest BCUT2D eigenvalue weighted by molar-refractivity contribution is 0.392. The Kier molecular flexibility index (Phi) is 4.75. The first kappa shape index (κ1) is 13.8. The number of aromatic nitrogens is 1. The maximum Gasteiger partial charge on any atom is 0.146 e. The first-order valence-corrected chi connectivity index (χ1v) is 7.07. The quantitative estimate of drug-likeness (QED) is 0.900. The molecule has 2 heterocycles. The van der Waals surface area contributed by atoms with Gasteiger partial charge in [-0.15, -0.1) is 0 Å². The number of nitriles is 1.